The molecule has 1 fully saturated rings. The number of unbranched alkanes of at least 4 members (excludes halogenated alkanes) is 1. The number of para-hydroxylation sites is 1. The molecule has 5 rings (SSSR count). The summed E-state index contributed by atoms with van der Waals surface area (Å²) in [6, 6.07) is 17.1. The molecule has 3 aromatic rings. The van der Waals surface area contributed by atoms with Crippen LogP contribution in [0.4, 0.5) is 4.39 Å². The Labute approximate surface area is 178 Å². The van der Waals surface area contributed by atoms with E-state index in [0.717, 1.165) is 57.6 Å². The summed E-state index contributed by atoms with van der Waals surface area (Å²) in [5, 5.41) is 1.20. The number of aryl methyl sites for hydroxylation is 2. The Morgan fingerprint density at radius 1 is 0.933 bits per heavy atom. The van der Waals surface area contributed by atoms with Crippen LogP contribution in [-0.2, 0) is 29.9 Å². The minimum Gasteiger partial charge on any atom is -0.365 e. The molecule has 0 bridgehead atoms. The fraction of sp³-hybridized carbons (Fsp3) is 0.462. The molecule has 1 saturated heterocycles. The van der Waals surface area contributed by atoms with E-state index >= 15 is 0 Å². The Morgan fingerprint density at radius 3 is 2.57 bits per heavy atom. The molecule has 0 saturated carbocycles. The molecule has 0 atom stereocenters. The summed E-state index contributed by atoms with van der Waals surface area (Å²) in [7, 11) is 0. The number of hydrogen-bond acceptors (Lipinski definition) is 2. The van der Waals surface area contributed by atoms with Crippen LogP contribution in [0, 0.1) is 0 Å². The van der Waals surface area contributed by atoms with Crippen LogP contribution in [0.5, 0.6) is 0 Å². The number of benzene rings is 2. The lowest BCUT2D eigenvalue weighted by atomic mass is 9.84. The minimum absolute atomic E-state index is 0.0377. The van der Waals surface area contributed by atoms with Crippen molar-refractivity contribution in [3.8, 4) is 0 Å². The highest BCUT2D eigenvalue weighted by atomic mass is 19.1. The summed E-state index contributed by atoms with van der Waals surface area (Å²) in [5.74, 6) is 0. The first-order valence-corrected chi connectivity index (χ1v) is 11.4. The summed E-state index contributed by atoms with van der Waals surface area (Å²) < 4.78 is 21.5. The number of likely N-dealkylation sites (tertiary alicyclic amines) is 1. The zero-order valence-electron chi connectivity index (χ0n) is 17.7. The monoisotopic (exact) mass is 406 g/mol. The smallest absolute Gasteiger partial charge is 0.0963 e. The Morgan fingerprint density at radius 2 is 1.70 bits per heavy atom. The van der Waals surface area contributed by atoms with Gasteiger partial charge >= 0.3 is 0 Å². The molecule has 2 aliphatic heterocycles. The predicted octanol–water partition coefficient (Wildman–Crippen LogP) is 5.46. The standard InChI is InChI=1S/C26H31FN2O/c27-14-11-21-19-29(25-10-4-2-8-23(21)25)16-6-5-15-28-17-12-26(13-18-28)24-9-3-1-7-22(24)20-30-26/h1-4,7-10,19H,5-6,11-18,20H2. The number of fused-ring (bicyclic) bond motifs is 3. The summed E-state index contributed by atoms with van der Waals surface area (Å²) >= 11 is 0. The van der Waals surface area contributed by atoms with E-state index in [4.69, 9.17) is 4.74 Å². The normalized spacial score (nSPS) is 18.3. The van der Waals surface area contributed by atoms with Gasteiger partial charge in [-0.25, -0.2) is 0 Å². The average molecular weight is 407 g/mol. The van der Waals surface area contributed by atoms with Gasteiger partial charge in [0, 0.05) is 43.2 Å². The number of nitrogens with zero attached hydrogens (tertiary/aromatic N) is 2. The maximum atomic E-state index is 12.9. The molecule has 0 unspecified atom stereocenters. The average Bonchev–Trinajstić information content (AvgIpc) is 3.32. The van der Waals surface area contributed by atoms with Gasteiger partial charge in [-0.3, -0.25) is 4.39 Å². The zero-order chi connectivity index (χ0) is 20.4. The zero-order valence-corrected chi connectivity index (χ0v) is 17.7. The van der Waals surface area contributed by atoms with Crippen molar-refractivity contribution in [2.24, 2.45) is 0 Å². The van der Waals surface area contributed by atoms with Crippen LogP contribution in [0.15, 0.2) is 54.7 Å². The molecule has 1 spiro atoms. The molecular weight excluding hydrogens is 375 g/mol. The lowest BCUT2D eigenvalue weighted by Gasteiger charge is -2.39. The molecule has 1 aromatic heterocycles. The second-order valence-corrected chi connectivity index (χ2v) is 8.79. The third kappa shape index (κ3) is 3.67. The van der Waals surface area contributed by atoms with Crippen molar-refractivity contribution in [1.29, 1.82) is 0 Å². The Bertz CT molecular complexity index is 1000. The molecule has 0 aliphatic carbocycles. The number of alkyl halides is 1. The van der Waals surface area contributed by atoms with E-state index < -0.39 is 0 Å². The van der Waals surface area contributed by atoms with Crippen LogP contribution in [0.2, 0.25) is 0 Å². The fourth-order valence-electron chi connectivity index (χ4n) is 5.36. The Balaban J connectivity index is 1.13. The number of ether oxygens (including phenoxy) is 1. The minimum atomic E-state index is -0.293. The molecule has 3 nitrogen and oxygen atoms in total. The van der Waals surface area contributed by atoms with E-state index in [2.05, 4.69) is 58.1 Å². The first-order valence-electron chi connectivity index (χ1n) is 11.4. The highest BCUT2D eigenvalue weighted by Crippen LogP contribution is 2.43. The van der Waals surface area contributed by atoms with Gasteiger partial charge in [0.25, 0.3) is 0 Å². The second kappa shape index (κ2) is 8.52. The van der Waals surface area contributed by atoms with Crippen molar-refractivity contribution >= 4 is 10.9 Å². The van der Waals surface area contributed by atoms with E-state index in [9.17, 15) is 4.39 Å². The maximum absolute atomic E-state index is 12.9. The number of piperidine rings is 1. The van der Waals surface area contributed by atoms with Crippen molar-refractivity contribution in [3.63, 3.8) is 0 Å². The van der Waals surface area contributed by atoms with E-state index in [1.165, 1.54) is 28.5 Å². The van der Waals surface area contributed by atoms with E-state index in [-0.39, 0.29) is 12.3 Å². The van der Waals surface area contributed by atoms with Gasteiger partial charge < -0.3 is 14.2 Å². The van der Waals surface area contributed by atoms with Gasteiger partial charge in [-0.1, -0.05) is 42.5 Å². The first kappa shape index (κ1) is 19.8. The number of hydrogen-bond donors (Lipinski definition) is 0. The van der Waals surface area contributed by atoms with Gasteiger partial charge in [0.15, 0.2) is 0 Å². The van der Waals surface area contributed by atoms with Gasteiger partial charge in [-0.2, -0.15) is 0 Å². The van der Waals surface area contributed by atoms with Gasteiger partial charge in [0.2, 0.25) is 0 Å². The number of rotatable bonds is 7. The number of aromatic nitrogens is 1. The SMILES string of the molecule is FCCc1cn(CCCCN2CCC3(CC2)OCc2ccccc23)c2ccccc12. The van der Waals surface area contributed by atoms with Crippen LogP contribution in [0.25, 0.3) is 10.9 Å². The lowest BCUT2D eigenvalue weighted by Crippen LogP contribution is -2.42. The molecule has 2 aromatic carbocycles. The van der Waals surface area contributed by atoms with Gasteiger partial charge in [0.05, 0.1) is 18.9 Å². The largest absolute Gasteiger partial charge is 0.365 e. The van der Waals surface area contributed by atoms with Crippen molar-refractivity contribution in [2.75, 3.05) is 26.3 Å². The maximum Gasteiger partial charge on any atom is 0.0963 e. The molecule has 4 heteroatoms. The van der Waals surface area contributed by atoms with Crippen molar-refractivity contribution in [2.45, 2.75) is 50.9 Å². The van der Waals surface area contributed by atoms with E-state index in [0.29, 0.717) is 6.42 Å². The quantitative estimate of drug-likeness (QED) is 0.485. The van der Waals surface area contributed by atoms with Crippen LogP contribution < -0.4 is 0 Å². The predicted molar refractivity (Wildman–Crippen MR) is 119 cm³/mol. The fourth-order valence-corrected chi connectivity index (χ4v) is 5.36. The summed E-state index contributed by atoms with van der Waals surface area (Å²) in [6.07, 6.45) is 7.19. The lowest BCUT2D eigenvalue weighted by molar-refractivity contribution is -0.0788. The first-order chi connectivity index (χ1) is 14.8. The highest BCUT2D eigenvalue weighted by Gasteiger charge is 2.42. The Hall–Kier alpha value is -2.17. The third-order valence-electron chi connectivity index (χ3n) is 7.03. The van der Waals surface area contributed by atoms with Crippen LogP contribution in [0.1, 0.15) is 42.4 Å². The van der Waals surface area contributed by atoms with Crippen molar-refractivity contribution in [1.82, 2.24) is 9.47 Å². The van der Waals surface area contributed by atoms with Gasteiger partial charge in [0.1, 0.15) is 0 Å². The van der Waals surface area contributed by atoms with E-state index in [1.54, 1.807) is 0 Å². The molecule has 0 radical (unpaired) electrons. The summed E-state index contributed by atoms with van der Waals surface area (Å²) in [5.41, 5.74) is 5.12. The molecule has 158 valence electrons. The summed E-state index contributed by atoms with van der Waals surface area (Å²) in [6.45, 7) is 4.85. The third-order valence-corrected chi connectivity index (χ3v) is 7.03. The van der Waals surface area contributed by atoms with Gasteiger partial charge in [-0.05, 0) is 55.0 Å². The molecule has 3 heterocycles. The topological polar surface area (TPSA) is 17.4 Å². The molecule has 2 aliphatic rings. The van der Waals surface area contributed by atoms with Crippen molar-refractivity contribution in [3.05, 3.63) is 71.4 Å². The Kier molecular flexibility index (Phi) is 5.62. The van der Waals surface area contributed by atoms with Crippen LogP contribution >= 0.6 is 0 Å². The molecule has 0 amide bonds. The molecule has 30 heavy (non-hydrogen) atoms. The van der Waals surface area contributed by atoms with Crippen LogP contribution in [0.3, 0.4) is 0 Å². The van der Waals surface area contributed by atoms with Crippen LogP contribution in [-0.4, -0.2) is 35.8 Å². The van der Waals surface area contributed by atoms with E-state index in [1.807, 2.05) is 6.07 Å². The van der Waals surface area contributed by atoms with Crippen molar-refractivity contribution < 1.29 is 9.13 Å². The highest BCUT2D eigenvalue weighted by molar-refractivity contribution is 5.84. The summed E-state index contributed by atoms with van der Waals surface area (Å²) in [4.78, 5) is 2.60. The molecular formula is C26H31FN2O. The van der Waals surface area contributed by atoms with Gasteiger partial charge in [-0.15, -0.1) is 0 Å². The molecule has 0 N–H and O–H groups in total. The second-order valence-electron chi connectivity index (χ2n) is 8.79. The number of halogens is 1.